The van der Waals surface area contributed by atoms with Crippen LogP contribution in [0.25, 0.3) is 17.0 Å². The van der Waals surface area contributed by atoms with Gasteiger partial charge in [-0.3, -0.25) is 0 Å². The van der Waals surface area contributed by atoms with Crippen LogP contribution in [0.15, 0.2) is 57.8 Å². The quantitative estimate of drug-likeness (QED) is 0.225. The number of carbonyl (C=O) groups is 2. The molecular formula is C24H22O8. The van der Waals surface area contributed by atoms with Gasteiger partial charge in [0.05, 0.1) is 20.3 Å². The van der Waals surface area contributed by atoms with Crippen LogP contribution in [0.3, 0.4) is 0 Å². The molecule has 0 radical (unpaired) electrons. The Morgan fingerprint density at radius 2 is 1.81 bits per heavy atom. The van der Waals surface area contributed by atoms with Gasteiger partial charge in [-0.05, 0) is 55.8 Å². The largest absolute Gasteiger partial charge is 0.493 e. The molecule has 0 saturated heterocycles. The van der Waals surface area contributed by atoms with Gasteiger partial charge in [0.1, 0.15) is 16.9 Å². The lowest BCUT2D eigenvalue weighted by Crippen LogP contribution is -2.16. The number of rotatable bonds is 8. The van der Waals surface area contributed by atoms with Crippen molar-refractivity contribution in [3.63, 3.8) is 0 Å². The predicted molar refractivity (Wildman–Crippen MR) is 117 cm³/mol. The Bertz CT molecular complexity index is 1220. The zero-order valence-corrected chi connectivity index (χ0v) is 17.9. The van der Waals surface area contributed by atoms with E-state index in [1.807, 2.05) is 6.92 Å². The van der Waals surface area contributed by atoms with Gasteiger partial charge in [0.25, 0.3) is 0 Å². The Hall–Kier alpha value is -4.07. The third kappa shape index (κ3) is 5.34. The lowest BCUT2D eigenvalue weighted by Gasteiger charge is -2.09. The first-order chi connectivity index (χ1) is 15.4. The maximum Gasteiger partial charge on any atom is 0.351 e. The first-order valence-corrected chi connectivity index (χ1v) is 9.91. The number of ether oxygens (including phenoxy) is 4. The molecule has 0 aliphatic heterocycles. The first-order valence-electron chi connectivity index (χ1n) is 9.91. The highest BCUT2D eigenvalue weighted by Crippen LogP contribution is 2.28. The Balaban J connectivity index is 1.74. The summed E-state index contributed by atoms with van der Waals surface area (Å²) in [5, 5.41) is 0.490. The van der Waals surface area contributed by atoms with Gasteiger partial charge in [0.2, 0.25) is 0 Å². The lowest BCUT2D eigenvalue weighted by molar-refractivity contribution is -0.128. The Labute approximate surface area is 184 Å². The van der Waals surface area contributed by atoms with E-state index in [2.05, 4.69) is 0 Å². The number of hydrogen-bond acceptors (Lipinski definition) is 8. The normalized spacial score (nSPS) is 10.8. The molecule has 3 aromatic rings. The highest BCUT2D eigenvalue weighted by molar-refractivity contribution is 5.93. The second-order valence-electron chi connectivity index (χ2n) is 6.47. The molecule has 0 amide bonds. The molecule has 8 nitrogen and oxygen atoms in total. The summed E-state index contributed by atoms with van der Waals surface area (Å²) in [7, 11) is 1.54. The molecule has 0 aliphatic carbocycles. The first kappa shape index (κ1) is 22.6. The van der Waals surface area contributed by atoms with Crippen molar-refractivity contribution in [3.05, 3.63) is 70.1 Å². The van der Waals surface area contributed by atoms with Gasteiger partial charge in [-0.15, -0.1) is 0 Å². The summed E-state index contributed by atoms with van der Waals surface area (Å²) in [6.45, 7) is 4.17. The number of carbonyl (C=O) groups excluding carboxylic acids is 2. The molecule has 0 spiro atoms. The lowest BCUT2D eigenvalue weighted by atomic mass is 10.2. The van der Waals surface area contributed by atoms with E-state index in [-0.39, 0.29) is 23.5 Å². The minimum absolute atomic E-state index is 0.141. The molecule has 0 N–H and O–H groups in total. The molecule has 0 saturated carbocycles. The molecule has 166 valence electrons. The predicted octanol–water partition coefficient (Wildman–Crippen LogP) is 4.00. The van der Waals surface area contributed by atoms with Gasteiger partial charge in [-0.25, -0.2) is 14.4 Å². The second kappa shape index (κ2) is 10.3. The molecule has 8 heteroatoms. The van der Waals surface area contributed by atoms with Crippen molar-refractivity contribution < 1.29 is 33.0 Å². The van der Waals surface area contributed by atoms with E-state index in [0.717, 1.165) is 5.56 Å². The summed E-state index contributed by atoms with van der Waals surface area (Å²) in [4.78, 5) is 36.1. The minimum atomic E-state index is -0.830. The van der Waals surface area contributed by atoms with Crippen LogP contribution in [0.4, 0.5) is 0 Å². The Morgan fingerprint density at radius 3 is 2.53 bits per heavy atom. The van der Waals surface area contributed by atoms with Gasteiger partial charge < -0.3 is 23.4 Å². The molecule has 2 aromatic carbocycles. The van der Waals surface area contributed by atoms with Crippen LogP contribution in [0, 0.1) is 0 Å². The summed E-state index contributed by atoms with van der Waals surface area (Å²) in [5.41, 5.74) is -0.131. The van der Waals surface area contributed by atoms with Crippen molar-refractivity contribution in [2.75, 3.05) is 20.3 Å². The van der Waals surface area contributed by atoms with Crippen molar-refractivity contribution in [2.24, 2.45) is 0 Å². The number of hydrogen-bond donors (Lipinski definition) is 0. The molecule has 0 bridgehead atoms. The van der Waals surface area contributed by atoms with Crippen LogP contribution < -0.4 is 19.8 Å². The van der Waals surface area contributed by atoms with Gasteiger partial charge in [-0.1, -0.05) is 6.07 Å². The summed E-state index contributed by atoms with van der Waals surface area (Å²) in [6.07, 6.45) is 2.84. The number of fused-ring (bicyclic) bond motifs is 1. The summed E-state index contributed by atoms with van der Waals surface area (Å²) in [5.74, 6) is -0.0338. The van der Waals surface area contributed by atoms with Crippen LogP contribution >= 0.6 is 0 Å². The van der Waals surface area contributed by atoms with Crippen LogP contribution in [-0.4, -0.2) is 32.3 Å². The van der Waals surface area contributed by atoms with Crippen molar-refractivity contribution in [2.45, 2.75) is 13.8 Å². The van der Waals surface area contributed by atoms with E-state index in [9.17, 15) is 14.4 Å². The van der Waals surface area contributed by atoms with Gasteiger partial charge >= 0.3 is 17.6 Å². The topological polar surface area (TPSA) is 101 Å². The molecule has 1 aromatic heterocycles. The molecule has 0 aliphatic rings. The van der Waals surface area contributed by atoms with Crippen LogP contribution in [-0.2, 0) is 9.53 Å². The monoisotopic (exact) mass is 438 g/mol. The average Bonchev–Trinajstić information content (AvgIpc) is 2.78. The van der Waals surface area contributed by atoms with Crippen LogP contribution in [0.5, 0.6) is 17.2 Å². The minimum Gasteiger partial charge on any atom is -0.493 e. The Kier molecular flexibility index (Phi) is 7.28. The van der Waals surface area contributed by atoms with E-state index in [1.54, 1.807) is 37.3 Å². The third-order valence-corrected chi connectivity index (χ3v) is 4.32. The van der Waals surface area contributed by atoms with E-state index >= 15 is 0 Å². The van der Waals surface area contributed by atoms with Crippen LogP contribution in [0.1, 0.15) is 29.8 Å². The smallest absolute Gasteiger partial charge is 0.351 e. The molecule has 1 heterocycles. The van der Waals surface area contributed by atoms with Crippen molar-refractivity contribution in [3.8, 4) is 17.2 Å². The fourth-order valence-electron chi connectivity index (χ4n) is 2.88. The highest BCUT2D eigenvalue weighted by atomic mass is 16.5. The highest BCUT2D eigenvalue weighted by Gasteiger charge is 2.15. The molecule has 3 rings (SSSR count). The van der Waals surface area contributed by atoms with E-state index < -0.39 is 17.6 Å². The molecule has 0 atom stereocenters. The van der Waals surface area contributed by atoms with Gasteiger partial charge in [-0.2, -0.15) is 0 Å². The van der Waals surface area contributed by atoms with E-state index in [1.165, 1.54) is 31.4 Å². The number of methoxy groups -OCH3 is 1. The molecule has 32 heavy (non-hydrogen) atoms. The van der Waals surface area contributed by atoms with Gasteiger partial charge in [0, 0.05) is 17.5 Å². The number of benzene rings is 2. The standard InChI is InChI=1S/C24H22O8/c1-4-29-19-10-6-15(12-21(19)28-3)7-11-22(25)31-17-9-8-16-13-18(23(26)30-5-2)24(27)32-20(16)14-17/h6-14H,4-5H2,1-3H3/b11-7+. The fourth-order valence-corrected chi connectivity index (χ4v) is 2.88. The maximum absolute atomic E-state index is 12.2. The molecule has 0 fully saturated rings. The molecule has 0 unspecified atom stereocenters. The van der Waals surface area contributed by atoms with Crippen molar-refractivity contribution in [1.29, 1.82) is 0 Å². The van der Waals surface area contributed by atoms with E-state index in [4.69, 9.17) is 23.4 Å². The molecular weight excluding hydrogens is 416 g/mol. The zero-order chi connectivity index (χ0) is 23.1. The maximum atomic E-state index is 12.2. The van der Waals surface area contributed by atoms with Gasteiger partial charge in [0.15, 0.2) is 11.5 Å². The summed E-state index contributed by atoms with van der Waals surface area (Å²) < 4.78 is 26.1. The summed E-state index contributed by atoms with van der Waals surface area (Å²) >= 11 is 0. The zero-order valence-electron chi connectivity index (χ0n) is 17.9. The number of esters is 2. The van der Waals surface area contributed by atoms with Crippen molar-refractivity contribution >= 4 is 29.0 Å². The SMILES string of the molecule is CCOC(=O)c1cc2ccc(OC(=O)/C=C/c3ccc(OCC)c(OC)c3)cc2oc1=O. The second-order valence-corrected chi connectivity index (χ2v) is 6.47. The summed E-state index contributed by atoms with van der Waals surface area (Å²) in [6, 6.07) is 11.2. The van der Waals surface area contributed by atoms with Crippen LogP contribution in [0.2, 0.25) is 0 Å². The van der Waals surface area contributed by atoms with Crippen molar-refractivity contribution in [1.82, 2.24) is 0 Å². The average molecular weight is 438 g/mol. The van der Waals surface area contributed by atoms with E-state index in [0.29, 0.717) is 23.5 Å². The Morgan fingerprint density at radius 1 is 1.00 bits per heavy atom. The fraction of sp³-hybridized carbons (Fsp3) is 0.208. The third-order valence-electron chi connectivity index (χ3n) is 4.32.